The van der Waals surface area contributed by atoms with Gasteiger partial charge >= 0.3 is 0 Å². The van der Waals surface area contributed by atoms with E-state index < -0.39 is 0 Å². The Morgan fingerprint density at radius 2 is 1.84 bits per heavy atom. The number of aromatic nitrogens is 2. The van der Waals surface area contributed by atoms with E-state index in [0.717, 1.165) is 59.4 Å². The molecule has 1 N–H and O–H groups in total. The fourth-order valence-electron chi connectivity index (χ4n) is 4.36. The smallest absolute Gasteiger partial charge is 0.256 e. The molecule has 2 aliphatic rings. The molecule has 32 heavy (non-hydrogen) atoms. The number of rotatable bonds is 4. The molecule has 0 amide bonds. The van der Waals surface area contributed by atoms with Crippen LogP contribution < -0.4 is 15.8 Å². The fraction of sp³-hybridized carbons (Fsp3) is 0.481. The maximum absolute atomic E-state index is 13.2. The quantitative estimate of drug-likeness (QED) is 0.651. The predicted molar refractivity (Wildman–Crippen MR) is 134 cm³/mol. The Kier molecular flexibility index (Phi) is 6.66. The minimum absolute atomic E-state index is 0.0699. The monoisotopic (exact) mass is 432 g/mol. The summed E-state index contributed by atoms with van der Waals surface area (Å²) >= 11 is 0. The topological polar surface area (TPSA) is 50.2 Å². The van der Waals surface area contributed by atoms with Gasteiger partial charge in [0.25, 0.3) is 5.56 Å². The summed E-state index contributed by atoms with van der Waals surface area (Å²) in [5.41, 5.74) is 5.85. The van der Waals surface area contributed by atoms with Crippen molar-refractivity contribution in [1.29, 1.82) is 0 Å². The minimum atomic E-state index is 0.0699. The maximum Gasteiger partial charge on any atom is 0.256 e. The van der Waals surface area contributed by atoms with Gasteiger partial charge in [-0.25, -0.2) is 0 Å². The second-order valence-electron chi connectivity index (χ2n) is 9.61. The van der Waals surface area contributed by atoms with Gasteiger partial charge in [0.2, 0.25) is 0 Å². The second kappa shape index (κ2) is 9.45. The largest absolute Gasteiger partial charge is 0.368 e. The van der Waals surface area contributed by atoms with Crippen LogP contribution in [0, 0.1) is 19.3 Å². The van der Waals surface area contributed by atoms with Crippen LogP contribution in [0.4, 0.5) is 5.69 Å². The van der Waals surface area contributed by atoms with Crippen LogP contribution in [0.3, 0.4) is 0 Å². The molecule has 2 aromatic heterocycles. The average molecular weight is 433 g/mol. The molecule has 1 aromatic carbocycles. The molecule has 5 heteroatoms. The number of hydrogen-bond acceptors (Lipinski definition) is 4. The predicted octanol–water partition coefficient (Wildman–Crippen LogP) is 4.67. The zero-order chi connectivity index (χ0) is 22.7. The highest BCUT2D eigenvalue weighted by Crippen LogP contribution is 2.47. The molecule has 1 saturated carbocycles. The highest BCUT2D eigenvalue weighted by atomic mass is 16.1. The fourth-order valence-corrected chi connectivity index (χ4v) is 4.36. The summed E-state index contributed by atoms with van der Waals surface area (Å²) in [6, 6.07) is 12.2. The van der Waals surface area contributed by atoms with Crippen molar-refractivity contribution in [3.8, 4) is 0 Å². The molecule has 2 fully saturated rings. The standard InChI is InChI=1S/C21H24N4O.C6H12/c1-15-6-7-19-18(13-15)20(24-11-9-22-10-12-24)16(2)21(26)25(19)14-17-5-3-4-8-23-17;1-3-6(2)4-5-6/h3-8,13,22H,9-12,14H2,1-2H3;3-5H2,1-2H3. The van der Waals surface area contributed by atoms with Crippen molar-refractivity contribution in [2.24, 2.45) is 5.41 Å². The Morgan fingerprint density at radius 1 is 1.09 bits per heavy atom. The van der Waals surface area contributed by atoms with Gasteiger partial charge in [-0.3, -0.25) is 9.78 Å². The lowest BCUT2D eigenvalue weighted by Gasteiger charge is -2.32. The number of hydrogen-bond donors (Lipinski definition) is 1. The van der Waals surface area contributed by atoms with Crippen LogP contribution in [0.5, 0.6) is 0 Å². The van der Waals surface area contributed by atoms with Gasteiger partial charge in [0, 0.05) is 43.3 Å². The summed E-state index contributed by atoms with van der Waals surface area (Å²) in [6.07, 6.45) is 6.11. The zero-order valence-corrected chi connectivity index (χ0v) is 19.9. The van der Waals surface area contributed by atoms with E-state index >= 15 is 0 Å². The Bertz CT molecular complexity index is 1130. The molecule has 170 valence electrons. The number of anilines is 1. The van der Waals surface area contributed by atoms with E-state index in [-0.39, 0.29) is 5.56 Å². The van der Waals surface area contributed by atoms with Crippen LogP contribution in [-0.4, -0.2) is 35.7 Å². The van der Waals surface area contributed by atoms with Gasteiger partial charge in [-0.15, -0.1) is 0 Å². The molecule has 3 heterocycles. The van der Waals surface area contributed by atoms with Gasteiger partial charge in [-0.1, -0.05) is 38.0 Å². The van der Waals surface area contributed by atoms with E-state index in [0.29, 0.717) is 6.54 Å². The Labute approximate surface area is 191 Å². The van der Waals surface area contributed by atoms with Gasteiger partial charge in [0.1, 0.15) is 0 Å². The van der Waals surface area contributed by atoms with Crippen molar-refractivity contribution in [3.05, 3.63) is 69.8 Å². The van der Waals surface area contributed by atoms with Crippen molar-refractivity contribution in [2.75, 3.05) is 31.1 Å². The summed E-state index contributed by atoms with van der Waals surface area (Å²) in [6.45, 7) is 12.9. The van der Waals surface area contributed by atoms with E-state index in [9.17, 15) is 4.79 Å². The van der Waals surface area contributed by atoms with Crippen LogP contribution in [0.2, 0.25) is 0 Å². The van der Waals surface area contributed by atoms with E-state index in [1.807, 2.05) is 29.7 Å². The molecule has 1 aliphatic carbocycles. The molecule has 5 nitrogen and oxygen atoms in total. The zero-order valence-electron chi connectivity index (χ0n) is 19.9. The molecule has 5 rings (SSSR count). The van der Waals surface area contributed by atoms with Crippen molar-refractivity contribution < 1.29 is 0 Å². The summed E-state index contributed by atoms with van der Waals surface area (Å²) < 4.78 is 1.86. The molecule has 0 unspecified atom stereocenters. The number of pyridine rings is 2. The summed E-state index contributed by atoms with van der Waals surface area (Å²) in [4.78, 5) is 20.0. The Morgan fingerprint density at radius 3 is 2.44 bits per heavy atom. The van der Waals surface area contributed by atoms with Gasteiger partial charge in [0.15, 0.2) is 0 Å². The van der Waals surface area contributed by atoms with Crippen LogP contribution in [0.1, 0.15) is 49.9 Å². The molecule has 0 spiro atoms. The molecule has 0 bridgehead atoms. The first kappa shape index (κ1) is 22.5. The lowest BCUT2D eigenvalue weighted by atomic mass is 10.0. The van der Waals surface area contributed by atoms with Gasteiger partial charge in [0.05, 0.1) is 23.4 Å². The molecule has 1 saturated heterocycles. The molecular weight excluding hydrogens is 396 g/mol. The lowest BCUT2D eigenvalue weighted by Crippen LogP contribution is -2.44. The Hall–Kier alpha value is -2.66. The highest BCUT2D eigenvalue weighted by molar-refractivity contribution is 5.94. The third-order valence-electron chi connectivity index (χ3n) is 7.06. The van der Waals surface area contributed by atoms with Crippen molar-refractivity contribution in [2.45, 2.75) is 53.5 Å². The lowest BCUT2D eigenvalue weighted by molar-refractivity contribution is 0.551. The second-order valence-corrected chi connectivity index (χ2v) is 9.61. The van der Waals surface area contributed by atoms with Crippen LogP contribution in [-0.2, 0) is 6.54 Å². The molecule has 3 aromatic rings. The summed E-state index contributed by atoms with van der Waals surface area (Å²) in [7, 11) is 0. The third-order valence-corrected chi connectivity index (χ3v) is 7.06. The maximum atomic E-state index is 13.2. The Balaban J connectivity index is 0.000000354. The molecule has 0 radical (unpaired) electrons. The van der Waals surface area contributed by atoms with E-state index in [1.165, 1.54) is 24.8 Å². The third kappa shape index (κ3) is 4.88. The summed E-state index contributed by atoms with van der Waals surface area (Å²) in [5, 5.41) is 4.54. The minimum Gasteiger partial charge on any atom is -0.368 e. The number of piperazine rings is 1. The van der Waals surface area contributed by atoms with Gasteiger partial charge in [-0.05, 0) is 56.4 Å². The van der Waals surface area contributed by atoms with Gasteiger partial charge < -0.3 is 14.8 Å². The first-order valence-corrected chi connectivity index (χ1v) is 11.9. The van der Waals surface area contributed by atoms with Gasteiger partial charge in [-0.2, -0.15) is 0 Å². The average Bonchev–Trinajstić information content (AvgIpc) is 3.57. The van der Waals surface area contributed by atoms with Crippen molar-refractivity contribution in [3.63, 3.8) is 0 Å². The molecule has 0 atom stereocenters. The summed E-state index contributed by atoms with van der Waals surface area (Å²) in [5.74, 6) is 0. The first-order valence-electron chi connectivity index (χ1n) is 11.9. The number of nitrogens with one attached hydrogen (secondary N) is 1. The van der Waals surface area contributed by atoms with Crippen LogP contribution in [0.15, 0.2) is 47.4 Å². The SMILES string of the molecule is CCC1(C)CC1.Cc1ccc2c(c1)c(N1CCNCC1)c(C)c(=O)n2Cc1ccccn1. The van der Waals surface area contributed by atoms with E-state index in [2.05, 4.69) is 54.2 Å². The van der Waals surface area contributed by atoms with Crippen molar-refractivity contribution >= 4 is 16.6 Å². The number of aryl methyl sites for hydroxylation is 1. The van der Waals surface area contributed by atoms with E-state index in [1.54, 1.807) is 6.20 Å². The molecule has 1 aliphatic heterocycles. The van der Waals surface area contributed by atoms with Crippen molar-refractivity contribution in [1.82, 2.24) is 14.9 Å². The first-order chi connectivity index (χ1) is 15.4. The van der Waals surface area contributed by atoms with Crippen LogP contribution in [0.25, 0.3) is 10.9 Å². The normalized spacial score (nSPS) is 17.1. The highest BCUT2D eigenvalue weighted by Gasteiger charge is 2.34. The van der Waals surface area contributed by atoms with Crippen LogP contribution >= 0.6 is 0 Å². The number of nitrogens with zero attached hydrogens (tertiary/aromatic N) is 3. The molecular formula is C27H36N4O. The van der Waals surface area contributed by atoms with E-state index in [4.69, 9.17) is 0 Å². The number of benzene rings is 1. The number of fused-ring (bicyclic) bond motifs is 1.